The number of nitrogens with zero attached hydrogens (tertiary/aromatic N) is 2. The third-order valence-electron chi connectivity index (χ3n) is 4.49. The van der Waals surface area contributed by atoms with Gasteiger partial charge in [0, 0.05) is 25.5 Å². The molecule has 1 atom stereocenters. The van der Waals surface area contributed by atoms with Crippen LogP contribution < -0.4 is 5.32 Å². The topological polar surface area (TPSA) is 97.4 Å². The van der Waals surface area contributed by atoms with Crippen molar-refractivity contribution in [1.29, 1.82) is 5.26 Å². The zero-order valence-corrected chi connectivity index (χ0v) is 12.8. The summed E-state index contributed by atoms with van der Waals surface area (Å²) >= 11 is 0. The maximum atomic E-state index is 11.1. The quantitative estimate of drug-likeness (QED) is 0.677. The predicted molar refractivity (Wildman–Crippen MR) is 82.9 cm³/mol. The third-order valence-corrected chi connectivity index (χ3v) is 4.49. The van der Waals surface area contributed by atoms with Crippen LogP contribution in [0.5, 0.6) is 0 Å². The van der Waals surface area contributed by atoms with Crippen molar-refractivity contribution in [2.45, 2.75) is 31.5 Å². The Morgan fingerprint density at radius 2 is 2.22 bits per heavy atom. The summed E-state index contributed by atoms with van der Waals surface area (Å²) in [4.78, 5) is 10.7. The minimum Gasteiger partial charge on any atom is -0.379 e. The first-order chi connectivity index (χ1) is 11.1. The zero-order valence-electron chi connectivity index (χ0n) is 12.8. The van der Waals surface area contributed by atoms with Gasteiger partial charge in [0.1, 0.15) is 5.69 Å². The van der Waals surface area contributed by atoms with Gasteiger partial charge in [-0.2, -0.15) is 5.26 Å². The SMILES string of the molecule is N#Cc1ccc([N+](=O)[O-])c(NC[C@H]2CCCC3(C2)OCCO3)c1. The number of hydrogen-bond donors (Lipinski definition) is 1. The summed E-state index contributed by atoms with van der Waals surface area (Å²) in [5.74, 6) is -0.127. The van der Waals surface area contributed by atoms with Crippen LogP contribution in [0.15, 0.2) is 18.2 Å². The van der Waals surface area contributed by atoms with Crippen LogP contribution in [0.3, 0.4) is 0 Å². The van der Waals surface area contributed by atoms with Crippen LogP contribution in [-0.4, -0.2) is 30.5 Å². The fraction of sp³-hybridized carbons (Fsp3) is 0.562. The lowest BCUT2D eigenvalue weighted by Gasteiger charge is -2.36. The van der Waals surface area contributed by atoms with Gasteiger partial charge in [0.25, 0.3) is 5.69 Å². The highest BCUT2D eigenvalue weighted by Crippen LogP contribution is 2.39. The Balaban J connectivity index is 1.68. The van der Waals surface area contributed by atoms with Gasteiger partial charge in [-0.3, -0.25) is 10.1 Å². The van der Waals surface area contributed by atoms with Crippen LogP contribution in [0.1, 0.15) is 31.2 Å². The molecule has 1 saturated carbocycles. The molecule has 23 heavy (non-hydrogen) atoms. The molecule has 2 fully saturated rings. The van der Waals surface area contributed by atoms with Crippen LogP contribution in [0, 0.1) is 27.4 Å². The molecule has 1 aliphatic carbocycles. The minimum absolute atomic E-state index is 0.0112. The molecule has 1 N–H and O–H groups in total. The van der Waals surface area contributed by atoms with E-state index in [1.54, 1.807) is 0 Å². The van der Waals surface area contributed by atoms with E-state index in [4.69, 9.17) is 14.7 Å². The number of hydrogen-bond acceptors (Lipinski definition) is 6. The van der Waals surface area contributed by atoms with E-state index in [1.807, 2.05) is 6.07 Å². The van der Waals surface area contributed by atoms with Crippen LogP contribution in [0.25, 0.3) is 0 Å². The first-order valence-corrected chi connectivity index (χ1v) is 7.82. The van der Waals surface area contributed by atoms with Crippen molar-refractivity contribution in [2.24, 2.45) is 5.92 Å². The molecule has 0 unspecified atom stereocenters. The maximum absolute atomic E-state index is 11.1. The molecule has 1 saturated heterocycles. The summed E-state index contributed by atoms with van der Waals surface area (Å²) in [6, 6.07) is 6.36. The van der Waals surface area contributed by atoms with Crippen molar-refractivity contribution in [3.63, 3.8) is 0 Å². The average molecular weight is 317 g/mol. The fourth-order valence-electron chi connectivity index (χ4n) is 3.40. The molecular weight excluding hydrogens is 298 g/mol. The fourth-order valence-corrected chi connectivity index (χ4v) is 3.40. The molecule has 0 radical (unpaired) electrons. The lowest BCUT2D eigenvalue weighted by Crippen LogP contribution is -2.38. The Morgan fingerprint density at radius 1 is 1.43 bits per heavy atom. The molecule has 1 spiro atoms. The van der Waals surface area contributed by atoms with Crippen LogP contribution in [0.4, 0.5) is 11.4 Å². The number of anilines is 1. The predicted octanol–water partition coefficient (Wildman–Crippen LogP) is 2.81. The number of nitriles is 1. The minimum atomic E-state index is -0.453. The van der Waals surface area contributed by atoms with E-state index in [0.29, 0.717) is 36.9 Å². The Morgan fingerprint density at radius 3 is 2.91 bits per heavy atom. The highest BCUT2D eigenvalue weighted by atomic mass is 16.7. The normalized spacial score (nSPS) is 22.7. The van der Waals surface area contributed by atoms with E-state index in [0.717, 1.165) is 25.7 Å². The lowest BCUT2D eigenvalue weighted by atomic mass is 9.84. The molecule has 1 heterocycles. The number of benzene rings is 1. The molecule has 3 rings (SSSR count). The molecular formula is C16H19N3O4. The molecule has 0 aromatic heterocycles. The second-order valence-electron chi connectivity index (χ2n) is 6.05. The molecule has 7 heteroatoms. The van der Waals surface area contributed by atoms with Gasteiger partial charge in [-0.05, 0) is 30.9 Å². The number of rotatable bonds is 4. The molecule has 0 amide bonds. The van der Waals surface area contributed by atoms with Gasteiger partial charge in [0.2, 0.25) is 0 Å². The lowest BCUT2D eigenvalue weighted by molar-refractivity contribution is -0.384. The summed E-state index contributed by atoms with van der Waals surface area (Å²) in [5.41, 5.74) is 0.783. The monoisotopic (exact) mass is 317 g/mol. The van der Waals surface area contributed by atoms with Gasteiger partial charge in [-0.25, -0.2) is 0 Å². The Bertz CT molecular complexity index is 635. The summed E-state index contributed by atoms with van der Waals surface area (Å²) in [5, 5.41) is 23.2. The van der Waals surface area contributed by atoms with E-state index in [2.05, 4.69) is 5.32 Å². The van der Waals surface area contributed by atoms with Crippen molar-refractivity contribution < 1.29 is 14.4 Å². The van der Waals surface area contributed by atoms with Gasteiger partial charge in [0.05, 0.1) is 29.8 Å². The number of nitro benzene ring substituents is 1. The molecule has 1 aromatic rings. The van der Waals surface area contributed by atoms with E-state index in [9.17, 15) is 10.1 Å². The molecule has 1 aromatic carbocycles. The van der Waals surface area contributed by atoms with Crippen molar-refractivity contribution in [3.05, 3.63) is 33.9 Å². The van der Waals surface area contributed by atoms with E-state index in [1.165, 1.54) is 18.2 Å². The zero-order chi connectivity index (χ0) is 16.3. The highest BCUT2D eigenvalue weighted by Gasteiger charge is 2.41. The van der Waals surface area contributed by atoms with Gasteiger partial charge in [-0.15, -0.1) is 0 Å². The van der Waals surface area contributed by atoms with E-state index in [-0.39, 0.29) is 5.69 Å². The average Bonchev–Trinajstić information content (AvgIpc) is 3.00. The number of nitrogens with one attached hydrogen (secondary N) is 1. The van der Waals surface area contributed by atoms with Crippen LogP contribution in [-0.2, 0) is 9.47 Å². The second kappa shape index (κ2) is 6.52. The van der Waals surface area contributed by atoms with Crippen molar-refractivity contribution in [2.75, 3.05) is 25.1 Å². The third kappa shape index (κ3) is 3.44. The Hall–Kier alpha value is -2.17. The van der Waals surface area contributed by atoms with Crippen molar-refractivity contribution in [1.82, 2.24) is 0 Å². The summed E-state index contributed by atoms with van der Waals surface area (Å²) < 4.78 is 11.5. The van der Waals surface area contributed by atoms with Gasteiger partial charge < -0.3 is 14.8 Å². The summed E-state index contributed by atoms with van der Waals surface area (Å²) in [6.45, 7) is 1.87. The molecule has 1 aliphatic heterocycles. The van der Waals surface area contributed by atoms with E-state index < -0.39 is 10.7 Å². The molecule has 7 nitrogen and oxygen atoms in total. The van der Waals surface area contributed by atoms with Gasteiger partial charge >= 0.3 is 0 Å². The molecule has 0 bridgehead atoms. The largest absolute Gasteiger partial charge is 0.379 e. The molecule has 122 valence electrons. The van der Waals surface area contributed by atoms with Crippen LogP contribution in [0.2, 0.25) is 0 Å². The number of nitro groups is 1. The van der Waals surface area contributed by atoms with Gasteiger partial charge in [-0.1, -0.05) is 0 Å². The second-order valence-corrected chi connectivity index (χ2v) is 6.05. The van der Waals surface area contributed by atoms with Crippen LogP contribution >= 0.6 is 0 Å². The van der Waals surface area contributed by atoms with Gasteiger partial charge in [0.15, 0.2) is 5.79 Å². The first-order valence-electron chi connectivity index (χ1n) is 7.82. The maximum Gasteiger partial charge on any atom is 0.292 e. The summed E-state index contributed by atoms with van der Waals surface area (Å²) in [6.07, 6.45) is 3.76. The summed E-state index contributed by atoms with van der Waals surface area (Å²) in [7, 11) is 0. The highest BCUT2D eigenvalue weighted by molar-refractivity contribution is 5.64. The Labute approximate surface area is 134 Å². The van der Waals surface area contributed by atoms with Crippen molar-refractivity contribution >= 4 is 11.4 Å². The number of ether oxygens (including phenoxy) is 2. The Kier molecular flexibility index (Phi) is 4.46. The molecule has 2 aliphatic rings. The first kappa shape index (κ1) is 15.7. The smallest absolute Gasteiger partial charge is 0.292 e. The van der Waals surface area contributed by atoms with Crippen molar-refractivity contribution in [3.8, 4) is 6.07 Å². The standard InChI is InChI=1S/C16H19N3O4/c17-10-12-3-4-15(19(20)21)14(8-12)18-11-13-2-1-5-16(9-13)22-6-7-23-16/h3-4,8,13,18H,1-2,5-7,9,11H2/t13-/m0/s1. The van der Waals surface area contributed by atoms with E-state index >= 15 is 0 Å².